The van der Waals surface area contributed by atoms with Gasteiger partial charge in [0.05, 0.1) is 13.8 Å². The molecule has 0 saturated heterocycles. The highest BCUT2D eigenvalue weighted by atomic mass is 79.9. The second-order valence-corrected chi connectivity index (χ2v) is 6.59. The molecule has 0 heterocycles. The number of hydrogen-bond acceptors (Lipinski definition) is 3. The summed E-state index contributed by atoms with van der Waals surface area (Å²) in [6.45, 7) is 5.42. The van der Waals surface area contributed by atoms with Crippen molar-refractivity contribution in [2.24, 2.45) is 5.14 Å². The summed E-state index contributed by atoms with van der Waals surface area (Å²) in [5.41, 5.74) is 0. The quantitative estimate of drug-likeness (QED) is 0.811. The molecule has 0 aliphatic carbocycles. The molecule has 2 N–H and O–H groups in total. The second kappa shape index (κ2) is 5.51. The maximum absolute atomic E-state index is 11.2. The molecule has 0 amide bonds. The molecule has 1 aromatic rings. The third-order valence-electron chi connectivity index (χ3n) is 1.94. The zero-order valence-electron chi connectivity index (χ0n) is 8.98. The van der Waals surface area contributed by atoms with Gasteiger partial charge in [0.25, 0.3) is 0 Å². The van der Waals surface area contributed by atoms with Crippen molar-refractivity contribution >= 4 is 41.9 Å². The first-order valence-corrected chi connectivity index (χ1v) is 7.70. The number of halogens is 2. The van der Waals surface area contributed by atoms with Crippen LogP contribution in [0.5, 0.6) is 5.75 Å². The summed E-state index contributed by atoms with van der Waals surface area (Å²) in [4.78, 5) is 0.00913. The number of hydrogen-bond donors (Lipinski definition) is 1. The minimum atomic E-state index is -3.73. The number of primary sulfonamides is 1. The van der Waals surface area contributed by atoms with E-state index < -0.39 is 10.0 Å². The fourth-order valence-corrected chi connectivity index (χ4v) is 3.29. The molecule has 1 atom stereocenters. The zero-order chi connectivity index (χ0) is 13.2. The van der Waals surface area contributed by atoms with Gasteiger partial charge in [0.15, 0.2) is 0 Å². The van der Waals surface area contributed by atoms with Crippen LogP contribution < -0.4 is 9.88 Å². The van der Waals surface area contributed by atoms with Crippen molar-refractivity contribution < 1.29 is 13.2 Å². The maximum atomic E-state index is 11.2. The van der Waals surface area contributed by atoms with E-state index in [1.54, 1.807) is 6.08 Å². The van der Waals surface area contributed by atoms with E-state index >= 15 is 0 Å². The number of rotatable bonds is 4. The molecule has 0 radical (unpaired) electrons. The van der Waals surface area contributed by atoms with E-state index in [9.17, 15) is 8.42 Å². The van der Waals surface area contributed by atoms with E-state index in [0.29, 0.717) is 14.7 Å². The first-order valence-electron chi connectivity index (χ1n) is 4.56. The highest BCUT2D eigenvalue weighted by Crippen LogP contribution is 2.36. The van der Waals surface area contributed by atoms with Crippen molar-refractivity contribution in [2.75, 3.05) is 0 Å². The van der Waals surface area contributed by atoms with Crippen molar-refractivity contribution in [3.63, 3.8) is 0 Å². The summed E-state index contributed by atoms with van der Waals surface area (Å²) in [7, 11) is -3.73. The lowest BCUT2D eigenvalue weighted by Gasteiger charge is -2.14. The molecule has 94 valence electrons. The molecule has 0 bridgehead atoms. The maximum Gasteiger partial charge on any atom is 0.238 e. The molecular weight excluding hydrogens is 374 g/mol. The SMILES string of the molecule is C=CC(C)Oc1c(Br)cc(S(N)(=O)=O)cc1Br. The van der Waals surface area contributed by atoms with E-state index in [1.807, 2.05) is 6.92 Å². The van der Waals surface area contributed by atoms with Crippen LogP contribution in [-0.4, -0.2) is 14.5 Å². The third-order valence-corrected chi connectivity index (χ3v) is 4.01. The van der Waals surface area contributed by atoms with Gasteiger partial charge < -0.3 is 4.74 Å². The molecule has 0 saturated carbocycles. The Morgan fingerprint density at radius 2 is 1.88 bits per heavy atom. The van der Waals surface area contributed by atoms with Crippen LogP contribution in [-0.2, 0) is 10.0 Å². The minimum absolute atomic E-state index is 0.00913. The molecule has 4 nitrogen and oxygen atoms in total. The van der Waals surface area contributed by atoms with Crippen LogP contribution in [0, 0.1) is 0 Å². The molecule has 1 unspecified atom stereocenters. The van der Waals surface area contributed by atoms with Crippen molar-refractivity contribution in [2.45, 2.75) is 17.9 Å². The predicted octanol–water partition coefficient (Wildman–Crippen LogP) is 2.81. The Balaban J connectivity index is 3.24. The van der Waals surface area contributed by atoms with Crippen molar-refractivity contribution in [3.8, 4) is 5.75 Å². The molecule has 17 heavy (non-hydrogen) atoms. The van der Waals surface area contributed by atoms with Gasteiger partial charge in [-0.05, 0) is 50.9 Å². The van der Waals surface area contributed by atoms with Crippen LogP contribution in [0.15, 0.2) is 38.6 Å². The third kappa shape index (κ3) is 3.80. The molecule has 0 aliphatic heterocycles. The Bertz CT molecular complexity index is 519. The van der Waals surface area contributed by atoms with E-state index in [1.165, 1.54) is 12.1 Å². The van der Waals surface area contributed by atoms with Crippen LogP contribution >= 0.6 is 31.9 Å². The van der Waals surface area contributed by atoms with Crippen molar-refractivity contribution in [1.82, 2.24) is 0 Å². The van der Waals surface area contributed by atoms with E-state index in [0.717, 1.165) is 0 Å². The van der Waals surface area contributed by atoms with Crippen LogP contribution in [0.3, 0.4) is 0 Å². The van der Waals surface area contributed by atoms with Gasteiger partial charge in [0.1, 0.15) is 11.9 Å². The first-order chi connectivity index (χ1) is 7.75. The predicted molar refractivity (Wildman–Crippen MR) is 73.5 cm³/mol. The number of ether oxygens (including phenoxy) is 1. The Morgan fingerprint density at radius 3 is 2.24 bits per heavy atom. The number of sulfonamides is 1. The van der Waals surface area contributed by atoms with Crippen molar-refractivity contribution in [1.29, 1.82) is 0 Å². The van der Waals surface area contributed by atoms with Gasteiger partial charge in [0, 0.05) is 0 Å². The Morgan fingerprint density at radius 1 is 1.41 bits per heavy atom. The van der Waals surface area contributed by atoms with Gasteiger partial charge in [-0.15, -0.1) is 0 Å². The fraction of sp³-hybridized carbons (Fsp3) is 0.200. The van der Waals surface area contributed by atoms with Gasteiger partial charge >= 0.3 is 0 Å². The zero-order valence-corrected chi connectivity index (χ0v) is 13.0. The molecule has 0 spiro atoms. The number of nitrogens with two attached hydrogens (primary N) is 1. The van der Waals surface area contributed by atoms with Gasteiger partial charge in [-0.25, -0.2) is 13.6 Å². The summed E-state index contributed by atoms with van der Waals surface area (Å²) in [5, 5.41) is 5.05. The van der Waals surface area contributed by atoms with E-state index in [4.69, 9.17) is 9.88 Å². The summed E-state index contributed by atoms with van der Waals surface area (Å²) in [6, 6.07) is 2.79. The van der Waals surface area contributed by atoms with Crippen LogP contribution in [0.25, 0.3) is 0 Å². The molecule has 0 aliphatic rings. The largest absolute Gasteiger partial charge is 0.484 e. The summed E-state index contributed by atoms with van der Waals surface area (Å²) in [6.07, 6.45) is 1.44. The Labute approximate surface area is 117 Å². The summed E-state index contributed by atoms with van der Waals surface area (Å²) in [5.74, 6) is 0.504. The topological polar surface area (TPSA) is 69.4 Å². The smallest absolute Gasteiger partial charge is 0.238 e. The molecule has 1 aromatic carbocycles. The van der Waals surface area contributed by atoms with Crippen LogP contribution in [0.1, 0.15) is 6.92 Å². The van der Waals surface area contributed by atoms with Crippen LogP contribution in [0.2, 0.25) is 0 Å². The average Bonchev–Trinajstić information content (AvgIpc) is 2.21. The highest BCUT2D eigenvalue weighted by molar-refractivity contribution is 9.11. The van der Waals surface area contributed by atoms with Crippen LogP contribution in [0.4, 0.5) is 0 Å². The van der Waals surface area contributed by atoms with Gasteiger partial charge in [0.2, 0.25) is 10.0 Å². The molecule has 0 fully saturated rings. The molecular formula is C10H11Br2NO3S. The lowest BCUT2D eigenvalue weighted by atomic mass is 10.3. The van der Waals surface area contributed by atoms with E-state index in [-0.39, 0.29) is 11.0 Å². The molecule has 1 rings (SSSR count). The first kappa shape index (κ1) is 14.7. The lowest BCUT2D eigenvalue weighted by molar-refractivity contribution is 0.266. The summed E-state index contributed by atoms with van der Waals surface area (Å²) < 4.78 is 29.0. The monoisotopic (exact) mass is 383 g/mol. The highest BCUT2D eigenvalue weighted by Gasteiger charge is 2.16. The minimum Gasteiger partial charge on any atom is -0.484 e. The second-order valence-electron chi connectivity index (χ2n) is 3.32. The van der Waals surface area contributed by atoms with Gasteiger partial charge in [-0.2, -0.15) is 0 Å². The van der Waals surface area contributed by atoms with Gasteiger partial charge in [-0.1, -0.05) is 12.7 Å². The van der Waals surface area contributed by atoms with Crippen molar-refractivity contribution in [3.05, 3.63) is 33.7 Å². The average molecular weight is 385 g/mol. The normalized spacial score (nSPS) is 13.2. The Kier molecular flexibility index (Phi) is 4.77. The Hall–Kier alpha value is -0.370. The molecule has 0 aromatic heterocycles. The van der Waals surface area contributed by atoms with E-state index in [2.05, 4.69) is 38.4 Å². The molecule has 7 heteroatoms. The fourth-order valence-electron chi connectivity index (χ4n) is 1.05. The standard InChI is InChI=1S/C10H11Br2NO3S/c1-3-6(2)16-10-8(11)4-7(5-9(10)12)17(13,14)15/h3-6H,1H2,2H3,(H2,13,14,15). The van der Waals surface area contributed by atoms with Gasteiger partial charge in [-0.3, -0.25) is 0 Å². The number of benzene rings is 1. The summed E-state index contributed by atoms with van der Waals surface area (Å²) >= 11 is 6.48. The lowest BCUT2D eigenvalue weighted by Crippen LogP contribution is -2.13.